The number of morpholine rings is 1. The highest BCUT2D eigenvalue weighted by Crippen LogP contribution is 2.26. The minimum Gasteiger partial charge on any atom is -0.490 e. The van der Waals surface area contributed by atoms with Gasteiger partial charge in [-0.15, -0.1) is 0 Å². The SMILES string of the molecule is CCCc1ccc(OC/C=C(/c2ccc(Cl)cc2)c2ccc(C#CCN3CCOCC3)cc2)cc1C. The van der Waals surface area contributed by atoms with Crippen LogP contribution in [0.25, 0.3) is 5.57 Å². The first-order valence-electron chi connectivity index (χ1n) is 12.7. The Bertz CT molecular complexity index is 1210. The molecule has 0 N–H and O–H groups in total. The minimum atomic E-state index is 0.478. The summed E-state index contributed by atoms with van der Waals surface area (Å²) in [5.41, 5.74) is 7.01. The second-order valence-electron chi connectivity index (χ2n) is 9.04. The molecule has 0 radical (unpaired) electrons. The largest absolute Gasteiger partial charge is 0.490 e. The Kier molecular flexibility index (Phi) is 9.64. The zero-order valence-electron chi connectivity index (χ0n) is 21.2. The molecule has 1 saturated heterocycles. The summed E-state index contributed by atoms with van der Waals surface area (Å²) in [6.45, 7) is 9.10. The molecule has 1 aliphatic heterocycles. The maximum Gasteiger partial charge on any atom is 0.120 e. The highest BCUT2D eigenvalue weighted by molar-refractivity contribution is 6.30. The van der Waals surface area contributed by atoms with Crippen LogP contribution in [0.3, 0.4) is 0 Å². The molecule has 0 saturated carbocycles. The van der Waals surface area contributed by atoms with E-state index in [1.54, 1.807) is 0 Å². The van der Waals surface area contributed by atoms with Crippen molar-refractivity contribution < 1.29 is 9.47 Å². The summed E-state index contributed by atoms with van der Waals surface area (Å²) in [5.74, 6) is 7.49. The van der Waals surface area contributed by atoms with Gasteiger partial charge in [-0.05, 0) is 83.6 Å². The molecular weight excluding hydrogens is 466 g/mol. The molecule has 1 aliphatic rings. The molecule has 4 heteroatoms. The highest BCUT2D eigenvalue weighted by Gasteiger charge is 2.08. The molecule has 0 atom stereocenters. The fourth-order valence-electron chi connectivity index (χ4n) is 4.31. The van der Waals surface area contributed by atoms with Crippen LogP contribution in [0.2, 0.25) is 5.02 Å². The van der Waals surface area contributed by atoms with Crippen LogP contribution in [0.15, 0.2) is 72.8 Å². The summed E-state index contributed by atoms with van der Waals surface area (Å²) in [6.07, 6.45) is 4.38. The maximum atomic E-state index is 6.15. The summed E-state index contributed by atoms with van der Waals surface area (Å²) in [5, 5.41) is 0.725. The lowest BCUT2D eigenvalue weighted by molar-refractivity contribution is 0.0443. The molecule has 3 aromatic rings. The normalized spacial score (nSPS) is 14.2. The fraction of sp³-hybridized carbons (Fsp3) is 0.312. The summed E-state index contributed by atoms with van der Waals surface area (Å²) in [7, 11) is 0. The van der Waals surface area contributed by atoms with Crippen LogP contribution in [0.5, 0.6) is 5.75 Å². The van der Waals surface area contributed by atoms with Crippen LogP contribution in [-0.2, 0) is 11.2 Å². The Balaban J connectivity index is 1.48. The minimum absolute atomic E-state index is 0.478. The molecule has 4 rings (SSSR count). The van der Waals surface area contributed by atoms with Gasteiger partial charge < -0.3 is 9.47 Å². The molecule has 0 aromatic heterocycles. The van der Waals surface area contributed by atoms with Crippen LogP contribution >= 0.6 is 11.6 Å². The molecule has 0 aliphatic carbocycles. The van der Waals surface area contributed by atoms with E-state index in [-0.39, 0.29) is 0 Å². The first-order chi connectivity index (χ1) is 17.6. The van der Waals surface area contributed by atoms with Crippen LogP contribution in [-0.4, -0.2) is 44.4 Å². The lowest BCUT2D eigenvalue weighted by atomic mass is 9.97. The number of halogens is 1. The van der Waals surface area contributed by atoms with Gasteiger partial charge in [0.05, 0.1) is 19.8 Å². The van der Waals surface area contributed by atoms with Crippen LogP contribution < -0.4 is 4.74 Å². The van der Waals surface area contributed by atoms with Crippen molar-refractivity contribution in [2.24, 2.45) is 0 Å². The third-order valence-corrected chi connectivity index (χ3v) is 6.61. The van der Waals surface area contributed by atoms with E-state index in [9.17, 15) is 0 Å². The molecule has 0 amide bonds. The molecule has 3 nitrogen and oxygen atoms in total. The van der Waals surface area contributed by atoms with Crippen molar-refractivity contribution >= 4 is 17.2 Å². The predicted octanol–water partition coefficient (Wildman–Crippen LogP) is 6.80. The standard InChI is InChI=1S/C32H34ClNO2/c1-3-5-27-13-16-31(24-25(27)2)36-21-17-32(29-11-14-30(33)15-12-29)28-9-7-26(8-10-28)6-4-18-34-19-22-35-23-20-34/h7-17,24H,3,5,18-23H2,1-2H3/b32-17+. The number of nitrogens with zero attached hydrogens (tertiary/aromatic N) is 1. The summed E-state index contributed by atoms with van der Waals surface area (Å²) >= 11 is 6.15. The molecule has 36 heavy (non-hydrogen) atoms. The Hall–Kier alpha value is -3.03. The molecule has 0 unspecified atom stereocenters. The van der Waals surface area contributed by atoms with Crippen molar-refractivity contribution in [1.82, 2.24) is 4.90 Å². The Morgan fingerprint density at radius 2 is 1.69 bits per heavy atom. The van der Waals surface area contributed by atoms with Crippen LogP contribution in [0.1, 0.15) is 41.2 Å². The van der Waals surface area contributed by atoms with Crippen molar-refractivity contribution in [3.05, 3.63) is 106 Å². The topological polar surface area (TPSA) is 21.7 Å². The van der Waals surface area contributed by atoms with E-state index < -0.39 is 0 Å². The van der Waals surface area contributed by atoms with Gasteiger partial charge in [0.1, 0.15) is 12.4 Å². The van der Waals surface area contributed by atoms with Gasteiger partial charge in [-0.25, -0.2) is 0 Å². The highest BCUT2D eigenvalue weighted by atomic mass is 35.5. The number of aryl methyl sites for hydroxylation is 2. The van der Waals surface area contributed by atoms with Gasteiger partial charge in [-0.3, -0.25) is 4.90 Å². The zero-order valence-corrected chi connectivity index (χ0v) is 22.0. The van der Waals surface area contributed by atoms with Gasteiger partial charge in [0.25, 0.3) is 0 Å². The second-order valence-corrected chi connectivity index (χ2v) is 9.48. The van der Waals surface area contributed by atoms with Gasteiger partial charge in [0.2, 0.25) is 0 Å². The third kappa shape index (κ3) is 7.48. The number of ether oxygens (including phenoxy) is 2. The molecule has 1 fully saturated rings. The van der Waals surface area contributed by atoms with Gasteiger partial charge in [-0.1, -0.05) is 67.1 Å². The lowest BCUT2D eigenvalue weighted by Gasteiger charge is -2.24. The van der Waals surface area contributed by atoms with Gasteiger partial charge in [-0.2, -0.15) is 0 Å². The zero-order chi connectivity index (χ0) is 25.2. The fourth-order valence-corrected chi connectivity index (χ4v) is 4.43. The smallest absolute Gasteiger partial charge is 0.120 e. The number of hydrogen-bond acceptors (Lipinski definition) is 3. The van der Waals surface area contributed by atoms with E-state index in [0.717, 1.165) is 78.7 Å². The monoisotopic (exact) mass is 499 g/mol. The summed E-state index contributed by atoms with van der Waals surface area (Å²) in [4.78, 5) is 2.32. The second kappa shape index (κ2) is 13.3. The van der Waals surface area contributed by atoms with Crippen molar-refractivity contribution in [1.29, 1.82) is 0 Å². The first-order valence-corrected chi connectivity index (χ1v) is 13.1. The first kappa shape index (κ1) is 26.0. The van der Waals surface area contributed by atoms with Gasteiger partial charge in [0.15, 0.2) is 0 Å². The quantitative estimate of drug-likeness (QED) is 0.318. The molecule has 3 aromatic carbocycles. The number of benzene rings is 3. The van der Waals surface area contributed by atoms with E-state index in [4.69, 9.17) is 21.1 Å². The summed E-state index contributed by atoms with van der Waals surface area (Å²) in [6, 6.07) is 22.7. The lowest BCUT2D eigenvalue weighted by Crippen LogP contribution is -2.36. The van der Waals surface area contributed by atoms with Crippen LogP contribution in [0.4, 0.5) is 0 Å². The Labute approximate surface area is 220 Å². The molecule has 0 bridgehead atoms. The number of rotatable bonds is 8. The van der Waals surface area contributed by atoms with Crippen LogP contribution in [0, 0.1) is 18.8 Å². The Morgan fingerprint density at radius 1 is 1.00 bits per heavy atom. The Morgan fingerprint density at radius 3 is 2.36 bits per heavy atom. The molecule has 1 heterocycles. The third-order valence-electron chi connectivity index (χ3n) is 6.36. The summed E-state index contributed by atoms with van der Waals surface area (Å²) < 4.78 is 11.5. The maximum absolute atomic E-state index is 6.15. The van der Waals surface area contributed by atoms with Gasteiger partial charge in [0, 0.05) is 23.7 Å². The van der Waals surface area contributed by atoms with E-state index >= 15 is 0 Å². The average Bonchev–Trinajstić information content (AvgIpc) is 2.90. The number of hydrogen-bond donors (Lipinski definition) is 0. The molecule has 186 valence electrons. The average molecular weight is 500 g/mol. The molecular formula is C32H34ClNO2. The van der Waals surface area contributed by atoms with Crippen molar-refractivity contribution in [3.63, 3.8) is 0 Å². The van der Waals surface area contributed by atoms with Gasteiger partial charge >= 0.3 is 0 Å². The van der Waals surface area contributed by atoms with Crippen molar-refractivity contribution in [2.45, 2.75) is 26.7 Å². The van der Waals surface area contributed by atoms with E-state index in [1.165, 1.54) is 11.1 Å². The molecule has 0 spiro atoms. The van der Waals surface area contributed by atoms with Crippen molar-refractivity contribution in [3.8, 4) is 17.6 Å². The van der Waals surface area contributed by atoms with Crippen molar-refractivity contribution in [2.75, 3.05) is 39.5 Å². The predicted molar refractivity (Wildman–Crippen MR) is 150 cm³/mol. The van der Waals surface area contributed by atoms with E-state index in [0.29, 0.717) is 6.61 Å². The van der Waals surface area contributed by atoms with E-state index in [2.05, 4.69) is 79.1 Å². The van der Waals surface area contributed by atoms with E-state index in [1.807, 2.05) is 24.3 Å².